The molecular weight excluding hydrogens is 487 g/mol. The third-order valence-electron chi connectivity index (χ3n) is 6.80. The van der Waals surface area contributed by atoms with Crippen molar-refractivity contribution in [2.45, 2.75) is 31.5 Å². The number of halogens is 2. The second-order valence-corrected chi connectivity index (χ2v) is 8.87. The summed E-state index contributed by atoms with van der Waals surface area (Å²) in [6.45, 7) is 4.62. The lowest BCUT2D eigenvalue weighted by atomic mass is 10.0. The molecule has 2 saturated heterocycles. The highest BCUT2D eigenvalue weighted by Gasteiger charge is 2.32. The Bertz CT molecular complexity index is 1120. The van der Waals surface area contributed by atoms with Crippen molar-refractivity contribution < 1.29 is 18.6 Å². The average molecular weight is 519 g/mol. The first kappa shape index (κ1) is 26.1. The van der Waals surface area contributed by atoms with Crippen LogP contribution < -0.4 is 14.4 Å². The van der Waals surface area contributed by atoms with Crippen LogP contribution in [0.25, 0.3) is 0 Å². The number of ether oxygens (including phenoxy) is 3. The van der Waals surface area contributed by atoms with Crippen LogP contribution in [0.3, 0.4) is 0 Å². The van der Waals surface area contributed by atoms with Gasteiger partial charge in [-0.05, 0) is 65.2 Å². The molecule has 0 N–H and O–H groups in total. The van der Waals surface area contributed by atoms with Gasteiger partial charge in [0.05, 0.1) is 32.9 Å². The number of aromatic nitrogens is 4. The Morgan fingerprint density at radius 1 is 1.03 bits per heavy atom. The van der Waals surface area contributed by atoms with Crippen molar-refractivity contribution in [2.24, 2.45) is 0 Å². The van der Waals surface area contributed by atoms with Crippen molar-refractivity contribution in [3.63, 3.8) is 0 Å². The molecule has 36 heavy (non-hydrogen) atoms. The van der Waals surface area contributed by atoms with Gasteiger partial charge in [-0.25, -0.2) is 9.07 Å². The molecule has 2 atom stereocenters. The van der Waals surface area contributed by atoms with E-state index in [-0.39, 0.29) is 30.4 Å². The number of rotatable bonds is 8. The molecule has 0 spiro atoms. The lowest BCUT2D eigenvalue weighted by molar-refractivity contribution is 0.0906. The molecule has 2 fully saturated rings. The molecule has 1 aromatic heterocycles. The first-order chi connectivity index (χ1) is 17.2. The number of hydrogen-bond donors (Lipinski definition) is 0. The van der Waals surface area contributed by atoms with E-state index in [1.165, 1.54) is 12.1 Å². The van der Waals surface area contributed by atoms with Gasteiger partial charge in [-0.3, -0.25) is 4.90 Å². The number of piperazine rings is 1. The summed E-state index contributed by atoms with van der Waals surface area (Å²) in [6, 6.07) is 12.5. The first-order valence-electron chi connectivity index (χ1n) is 12.0. The van der Waals surface area contributed by atoms with Gasteiger partial charge in [-0.15, -0.1) is 17.5 Å². The lowest BCUT2D eigenvalue weighted by Crippen LogP contribution is -2.48. The number of benzene rings is 2. The van der Waals surface area contributed by atoms with Crippen LogP contribution in [0.4, 0.5) is 10.1 Å². The van der Waals surface area contributed by atoms with Gasteiger partial charge >= 0.3 is 0 Å². The lowest BCUT2D eigenvalue weighted by Gasteiger charge is -2.40. The summed E-state index contributed by atoms with van der Waals surface area (Å²) >= 11 is 0. The minimum absolute atomic E-state index is 0. The summed E-state index contributed by atoms with van der Waals surface area (Å²) in [7, 11) is 3.27. The van der Waals surface area contributed by atoms with Crippen molar-refractivity contribution >= 4 is 18.1 Å². The number of tetrazole rings is 1. The van der Waals surface area contributed by atoms with Crippen molar-refractivity contribution in [3.8, 4) is 11.5 Å². The largest absolute Gasteiger partial charge is 0.493 e. The Kier molecular flexibility index (Phi) is 8.60. The number of methoxy groups -OCH3 is 2. The van der Waals surface area contributed by atoms with E-state index in [9.17, 15) is 4.39 Å². The second kappa shape index (κ2) is 11.9. The van der Waals surface area contributed by atoms with Crippen molar-refractivity contribution in [3.05, 3.63) is 59.7 Å². The summed E-state index contributed by atoms with van der Waals surface area (Å²) in [5.74, 6) is 1.90. The molecular formula is C25H32ClFN6O3. The number of anilines is 1. The Labute approximate surface area is 216 Å². The quantitative estimate of drug-likeness (QED) is 0.449. The molecule has 2 aliphatic heterocycles. The van der Waals surface area contributed by atoms with Crippen molar-refractivity contribution in [2.75, 3.05) is 51.9 Å². The minimum atomic E-state index is -0.223. The molecule has 3 heterocycles. The highest BCUT2D eigenvalue weighted by Crippen LogP contribution is 2.35. The molecule has 9 nitrogen and oxygen atoms in total. The van der Waals surface area contributed by atoms with Gasteiger partial charge in [0, 0.05) is 38.5 Å². The topological polar surface area (TPSA) is 77.8 Å². The van der Waals surface area contributed by atoms with Crippen LogP contribution in [0.2, 0.25) is 0 Å². The molecule has 2 aromatic carbocycles. The Hall–Kier alpha value is -2.95. The third kappa shape index (κ3) is 5.55. The highest BCUT2D eigenvalue weighted by molar-refractivity contribution is 5.85. The summed E-state index contributed by atoms with van der Waals surface area (Å²) in [4.78, 5) is 4.66. The fourth-order valence-corrected chi connectivity index (χ4v) is 4.95. The van der Waals surface area contributed by atoms with Crippen LogP contribution in [0, 0.1) is 5.82 Å². The number of hydrogen-bond acceptors (Lipinski definition) is 8. The third-order valence-corrected chi connectivity index (χ3v) is 6.80. The van der Waals surface area contributed by atoms with Gasteiger partial charge in [0.2, 0.25) is 0 Å². The summed E-state index contributed by atoms with van der Waals surface area (Å²) in [6.07, 6.45) is 2.20. The zero-order valence-corrected chi connectivity index (χ0v) is 21.4. The van der Waals surface area contributed by atoms with E-state index in [1.54, 1.807) is 14.2 Å². The maximum absolute atomic E-state index is 13.4. The summed E-state index contributed by atoms with van der Waals surface area (Å²) in [5.41, 5.74) is 2.05. The molecule has 0 saturated carbocycles. The maximum atomic E-state index is 13.4. The standard InChI is InChI=1S/C25H31FN6O3.ClH/c1-33-22-10-5-18(16-23(22)34-2)24(25-27-28-29-32(25)17-21-4-3-15-35-21)31-13-11-30(12-14-31)20-8-6-19(26)7-9-20;/h5-10,16,21,24H,3-4,11-15,17H2,1-2H3;1H. The van der Waals surface area contributed by atoms with Gasteiger partial charge in [-0.1, -0.05) is 6.07 Å². The fraction of sp³-hybridized carbons (Fsp3) is 0.480. The van der Waals surface area contributed by atoms with E-state index in [2.05, 4.69) is 25.3 Å². The SMILES string of the molecule is COc1ccc(C(c2nnnn2CC2CCCO2)N2CCN(c3ccc(F)cc3)CC2)cc1OC.Cl. The van der Waals surface area contributed by atoms with E-state index >= 15 is 0 Å². The molecule has 2 aliphatic rings. The normalized spacial score (nSPS) is 19.1. The minimum Gasteiger partial charge on any atom is -0.493 e. The van der Waals surface area contributed by atoms with Crippen LogP contribution in [0.1, 0.15) is 30.3 Å². The average Bonchev–Trinajstić information content (AvgIpc) is 3.58. The van der Waals surface area contributed by atoms with Gasteiger partial charge in [0.15, 0.2) is 17.3 Å². The van der Waals surface area contributed by atoms with Gasteiger partial charge in [0.25, 0.3) is 0 Å². The summed E-state index contributed by atoms with van der Waals surface area (Å²) < 4.78 is 32.2. The van der Waals surface area contributed by atoms with E-state index in [4.69, 9.17) is 14.2 Å². The maximum Gasteiger partial charge on any atom is 0.173 e. The van der Waals surface area contributed by atoms with E-state index in [1.807, 2.05) is 35.0 Å². The van der Waals surface area contributed by atoms with Crippen LogP contribution in [0.5, 0.6) is 11.5 Å². The molecule has 3 aromatic rings. The molecule has 11 heteroatoms. The van der Waals surface area contributed by atoms with Crippen molar-refractivity contribution in [1.82, 2.24) is 25.1 Å². The second-order valence-electron chi connectivity index (χ2n) is 8.87. The Balaban J connectivity index is 0.00000304. The van der Waals surface area contributed by atoms with Crippen LogP contribution >= 0.6 is 12.4 Å². The van der Waals surface area contributed by atoms with Crippen LogP contribution in [0.15, 0.2) is 42.5 Å². The monoisotopic (exact) mass is 518 g/mol. The zero-order valence-electron chi connectivity index (χ0n) is 20.5. The van der Waals surface area contributed by atoms with E-state index in [0.29, 0.717) is 18.0 Å². The molecule has 0 amide bonds. The summed E-state index contributed by atoms with van der Waals surface area (Å²) in [5, 5.41) is 12.8. The molecule has 0 radical (unpaired) electrons. The molecule has 0 aliphatic carbocycles. The van der Waals surface area contributed by atoms with Crippen LogP contribution in [-0.2, 0) is 11.3 Å². The predicted octanol–water partition coefficient (Wildman–Crippen LogP) is 3.34. The van der Waals surface area contributed by atoms with E-state index in [0.717, 1.165) is 62.7 Å². The van der Waals surface area contributed by atoms with Gasteiger partial charge < -0.3 is 19.1 Å². The molecule has 5 rings (SSSR count). The van der Waals surface area contributed by atoms with Gasteiger partial charge in [0.1, 0.15) is 5.82 Å². The fourth-order valence-electron chi connectivity index (χ4n) is 4.95. The number of nitrogens with zero attached hydrogens (tertiary/aromatic N) is 6. The zero-order chi connectivity index (χ0) is 24.2. The van der Waals surface area contributed by atoms with Crippen molar-refractivity contribution in [1.29, 1.82) is 0 Å². The van der Waals surface area contributed by atoms with E-state index < -0.39 is 0 Å². The smallest absolute Gasteiger partial charge is 0.173 e. The van der Waals surface area contributed by atoms with Gasteiger partial charge in [-0.2, -0.15) is 0 Å². The molecule has 0 bridgehead atoms. The first-order valence-corrected chi connectivity index (χ1v) is 12.0. The highest BCUT2D eigenvalue weighted by atomic mass is 35.5. The Morgan fingerprint density at radius 3 is 2.44 bits per heavy atom. The van der Waals surface area contributed by atoms with Crippen LogP contribution in [-0.4, -0.2) is 78.2 Å². The molecule has 194 valence electrons. The molecule has 2 unspecified atom stereocenters. The predicted molar refractivity (Wildman–Crippen MR) is 136 cm³/mol. The Morgan fingerprint density at radius 2 is 1.78 bits per heavy atom.